The van der Waals surface area contributed by atoms with Crippen molar-refractivity contribution in [2.45, 2.75) is 37.3 Å². The predicted molar refractivity (Wildman–Crippen MR) is 102 cm³/mol. The van der Waals surface area contributed by atoms with Crippen LogP contribution in [0.15, 0.2) is 35.6 Å². The molecule has 5 aliphatic rings. The lowest BCUT2D eigenvalue weighted by Gasteiger charge is -2.53. The van der Waals surface area contributed by atoms with E-state index in [9.17, 15) is 9.59 Å². The minimum atomic E-state index is -0.234. The van der Waals surface area contributed by atoms with Crippen LogP contribution in [-0.2, 0) is 24.5 Å². The van der Waals surface area contributed by atoms with E-state index in [1.165, 1.54) is 5.56 Å². The van der Waals surface area contributed by atoms with E-state index >= 15 is 0 Å². The lowest BCUT2D eigenvalue weighted by molar-refractivity contribution is -0.136. The van der Waals surface area contributed by atoms with Gasteiger partial charge in [-0.05, 0) is 38.1 Å². The van der Waals surface area contributed by atoms with E-state index in [4.69, 9.17) is 9.47 Å². The summed E-state index contributed by atoms with van der Waals surface area (Å²) < 4.78 is 11.3. The zero-order valence-corrected chi connectivity index (χ0v) is 16.2. The number of anilines is 1. The summed E-state index contributed by atoms with van der Waals surface area (Å²) in [7, 11) is 2.18. The molecule has 1 amide bonds. The molecule has 1 aliphatic carbocycles. The van der Waals surface area contributed by atoms with E-state index in [-0.39, 0.29) is 41.8 Å². The van der Waals surface area contributed by atoms with E-state index in [0.717, 1.165) is 30.6 Å². The Labute approximate surface area is 164 Å². The fourth-order valence-corrected chi connectivity index (χ4v) is 6.93. The van der Waals surface area contributed by atoms with Gasteiger partial charge in [0.1, 0.15) is 12.4 Å². The number of likely N-dealkylation sites (tertiary alicyclic amines) is 1. The molecule has 5 unspecified atom stereocenters. The van der Waals surface area contributed by atoms with Crippen molar-refractivity contribution in [2.75, 3.05) is 31.7 Å². The van der Waals surface area contributed by atoms with E-state index in [1.54, 1.807) is 6.92 Å². The molecule has 5 atom stereocenters. The van der Waals surface area contributed by atoms with Gasteiger partial charge in [-0.15, -0.1) is 0 Å². The molecule has 1 aromatic carbocycles. The van der Waals surface area contributed by atoms with Crippen LogP contribution < -0.4 is 4.90 Å². The highest BCUT2D eigenvalue weighted by Gasteiger charge is 2.67. The molecule has 1 saturated heterocycles. The number of nitrogens with zero attached hydrogens (tertiary/aromatic N) is 2. The molecule has 28 heavy (non-hydrogen) atoms. The topological polar surface area (TPSA) is 59.1 Å². The molecule has 0 radical (unpaired) electrons. The molecule has 146 valence electrons. The lowest BCUT2D eigenvalue weighted by Crippen LogP contribution is -2.63. The number of likely N-dealkylation sites (N-methyl/N-ethyl adjacent to an activating group) is 1. The third kappa shape index (κ3) is 1.78. The number of hydrogen-bond donors (Lipinski definition) is 0. The highest BCUT2D eigenvalue weighted by atomic mass is 16.6. The summed E-state index contributed by atoms with van der Waals surface area (Å²) in [6.07, 6.45) is 1.94. The van der Waals surface area contributed by atoms with Crippen LogP contribution in [-0.4, -0.2) is 55.7 Å². The van der Waals surface area contributed by atoms with Gasteiger partial charge in [0, 0.05) is 35.9 Å². The summed E-state index contributed by atoms with van der Waals surface area (Å²) in [5.41, 5.74) is 2.96. The Morgan fingerprint density at radius 3 is 2.89 bits per heavy atom. The number of rotatable bonds is 0. The van der Waals surface area contributed by atoms with Gasteiger partial charge in [0.15, 0.2) is 0 Å². The summed E-state index contributed by atoms with van der Waals surface area (Å²) in [5.74, 6) is 0.728. The van der Waals surface area contributed by atoms with Crippen LogP contribution in [0, 0.1) is 11.8 Å². The number of hydrogen-bond acceptors (Lipinski definition) is 5. The number of amides is 1. The summed E-state index contributed by atoms with van der Waals surface area (Å²) in [6, 6.07) is 8.69. The maximum Gasteiger partial charge on any atom is 0.338 e. The van der Waals surface area contributed by atoms with Crippen molar-refractivity contribution in [1.82, 2.24) is 4.90 Å². The molecule has 6 heteroatoms. The van der Waals surface area contributed by atoms with Gasteiger partial charge in [-0.3, -0.25) is 4.79 Å². The first-order chi connectivity index (χ1) is 13.5. The van der Waals surface area contributed by atoms with Crippen molar-refractivity contribution < 1.29 is 19.1 Å². The number of carbonyl (C=O) groups is 2. The van der Waals surface area contributed by atoms with Gasteiger partial charge < -0.3 is 19.3 Å². The van der Waals surface area contributed by atoms with Crippen LogP contribution >= 0.6 is 0 Å². The van der Waals surface area contributed by atoms with Crippen LogP contribution in [0.2, 0.25) is 0 Å². The van der Waals surface area contributed by atoms with E-state index in [1.807, 2.05) is 11.0 Å². The molecule has 0 bridgehead atoms. The standard InChI is InChI=1S/C22H24N2O4/c1-12(25)24-16-6-4-3-5-15(16)22-7-8-23(2)18(22)9-13-14(20(22)24)10-27-17-11-28-21(26)19(13)17/h3-6,13-14,18,20H,7-11H2,1-2H3. The van der Waals surface area contributed by atoms with Crippen molar-refractivity contribution in [2.24, 2.45) is 11.8 Å². The Hall–Kier alpha value is -2.34. The van der Waals surface area contributed by atoms with Crippen molar-refractivity contribution in [1.29, 1.82) is 0 Å². The minimum Gasteiger partial charge on any atom is -0.493 e. The van der Waals surface area contributed by atoms with Crippen molar-refractivity contribution in [3.63, 3.8) is 0 Å². The number of fused-ring (bicyclic) bond motifs is 4. The normalized spacial score (nSPS) is 38.2. The van der Waals surface area contributed by atoms with Gasteiger partial charge in [0.05, 0.1) is 18.2 Å². The van der Waals surface area contributed by atoms with Crippen molar-refractivity contribution in [3.8, 4) is 0 Å². The fourth-order valence-electron chi connectivity index (χ4n) is 6.93. The zero-order chi connectivity index (χ0) is 19.2. The first-order valence-corrected chi connectivity index (χ1v) is 10.2. The Balaban J connectivity index is 1.57. The molecule has 1 saturated carbocycles. The van der Waals surface area contributed by atoms with Crippen LogP contribution in [0.3, 0.4) is 0 Å². The van der Waals surface area contributed by atoms with Crippen LogP contribution in [0.1, 0.15) is 25.3 Å². The smallest absolute Gasteiger partial charge is 0.338 e. The van der Waals surface area contributed by atoms with E-state index < -0.39 is 0 Å². The summed E-state index contributed by atoms with van der Waals surface area (Å²) in [4.78, 5) is 29.8. The Kier molecular flexibility index (Phi) is 3.19. The number of ether oxygens (including phenoxy) is 2. The minimum absolute atomic E-state index is 0.0125. The maximum absolute atomic E-state index is 12.9. The number of cyclic esters (lactones) is 1. The molecule has 2 fully saturated rings. The molecule has 6 rings (SSSR count). The Morgan fingerprint density at radius 2 is 2.07 bits per heavy atom. The van der Waals surface area contributed by atoms with Crippen LogP contribution in [0.5, 0.6) is 0 Å². The third-order valence-corrected chi connectivity index (χ3v) is 7.89. The van der Waals surface area contributed by atoms with Gasteiger partial charge in [0.25, 0.3) is 0 Å². The molecule has 0 N–H and O–H groups in total. The highest BCUT2D eigenvalue weighted by molar-refractivity contribution is 5.97. The molecule has 4 aliphatic heterocycles. The maximum atomic E-state index is 12.9. The van der Waals surface area contributed by atoms with Gasteiger partial charge in [-0.25, -0.2) is 4.79 Å². The summed E-state index contributed by atoms with van der Waals surface area (Å²) >= 11 is 0. The van der Waals surface area contributed by atoms with Crippen molar-refractivity contribution in [3.05, 3.63) is 41.2 Å². The zero-order valence-electron chi connectivity index (χ0n) is 16.2. The largest absolute Gasteiger partial charge is 0.493 e. The van der Waals surface area contributed by atoms with Crippen molar-refractivity contribution >= 4 is 17.6 Å². The SMILES string of the molecule is CC(=O)N1c2ccccc2C23CCN(C)C2CC2C4=C(COC4=O)OCC2C13. The number of carbonyl (C=O) groups excluding carboxylic acids is 2. The predicted octanol–water partition coefficient (Wildman–Crippen LogP) is 1.84. The quantitative estimate of drug-likeness (QED) is 0.643. The Morgan fingerprint density at radius 1 is 1.25 bits per heavy atom. The molecule has 1 aromatic rings. The highest BCUT2D eigenvalue weighted by Crippen LogP contribution is 2.62. The molecule has 4 heterocycles. The van der Waals surface area contributed by atoms with E-state index in [2.05, 4.69) is 30.1 Å². The summed E-state index contributed by atoms with van der Waals surface area (Å²) in [5, 5.41) is 0. The number of para-hydroxylation sites is 1. The molecule has 0 aromatic heterocycles. The second-order valence-corrected chi connectivity index (χ2v) is 8.87. The summed E-state index contributed by atoms with van der Waals surface area (Å²) in [6.45, 7) is 3.45. The van der Waals surface area contributed by atoms with Gasteiger partial charge in [-0.2, -0.15) is 0 Å². The van der Waals surface area contributed by atoms with Crippen LogP contribution in [0.25, 0.3) is 0 Å². The number of benzene rings is 1. The molecular formula is C22H24N2O4. The molecular weight excluding hydrogens is 356 g/mol. The Bertz CT molecular complexity index is 940. The van der Waals surface area contributed by atoms with Gasteiger partial charge >= 0.3 is 5.97 Å². The average molecular weight is 380 g/mol. The molecule has 6 nitrogen and oxygen atoms in total. The monoisotopic (exact) mass is 380 g/mol. The third-order valence-electron chi connectivity index (χ3n) is 7.89. The molecule has 1 spiro atoms. The first kappa shape index (κ1) is 16.6. The second kappa shape index (κ2) is 5.38. The average Bonchev–Trinajstić information content (AvgIpc) is 3.32. The van der Waals surface area contributed by atoms with Gasteiger partial charge in [-0.1, -0.05) is 18.2 Å². The van der Waals surface area contributed by atoms with E-state index in [0.29, 0.717) is 18.4 Å². The second-order valence-electron chi connectivity index (χ2n) is 8.87. The van der Waals surface area contributed by atoms with Crippen LogP contribution in [0.4, 0.5) is 5.69 Å². The lowest BCUT2D eigenvalue weighted by atomic mass is 9.56. The number of esters is 1. The van der Waals surface area contributed by atoms with Gasteiger partial charge in [0.2, 0.25) is 5.91 Å². The fraction of sp³-hybridized carbons (Fsp3) is 0.545. The first-order valence-electron chi connectivity index (χ1n) is 10.2.